The van der Waals surface area contributed by atoms with Crippen LogP contribution in [0.4, 0.5) is 5.69 Å². The Labute approximate surface area is 148 Å². The Bertz CT molecular complexity index is 753. The topological polar surface area (TPSA) is 64.6 Å². The van der Waals surface area contributed by atoms with Crippen LogP contribution in [0.25, 0.3) is 0 Å². The van der Waals surface area contributed by atoms with E-state index < -0.39 is 12.1 Å². The van der Waals surface area contributed by atoms with Crippen LogP contribution in [0.15, 0.2) is 42.5 Å². The lowest BCUT2D eigenvalue weighted by Crippen LogP contribution is -2.30. The molecule has 5 nitrogen and oxygen atoms in total. The lowest BCUT2D eigenvalue weighted by Gasteiger charge is -2.14. The summed E-state index contributed by atoms with van der Waals surface area (Å²) in [5.41, 5.74) is 3.14. The Morgan fingerprint density at radius 1 is 1.04 bits per heavy atom. The van der Waals surface area contributed by atoms with Gasteiger partial charge in [-0.1, -0.05) is 6.07 Å². The van der Waals surface area contributed by atoms with E-state index in [0.29, 0.717) is 17.9 Å². The molecule has 5 heteroatoms. The van der Waals surface area contributed by atoms with Crippen LogP contribution in [0.2, 0.25) is 0 Å². The van der Waals surface area contributed by atoms with Crippen molar-refractivity contribution >= 4 is 17.6 Å². The maximum atomic E-state index is 12.2. The highest BCUT2D eigenvalue weighted by Crippen LogP contribution is 2.16. The smallest absolute Gasteiger partial charge is 0.338 e. The summed E-state index contributed by atoms with van der Waals surface area (Å²) in [7, 11) is 0. The first-order chi connectivity index (χ1) is 11.9. The molecule has 0 aliphatic heterocycles. The van der Waals surface area contributed by atoms with Crippen LogP contribution in [-0.2, 0) is 9.53 Å². The van der Waals surface area contributed by atoms with E-state index in [0.717, 1.165) is 16.9 Å². The summed E-state index contributed by atoms with van der Waals surface area (Å²) < 4.78 is 10.6. The first-order valence-corrected chi connectivity index (χ1v) is 8.22. The molecule has 2 rings (SSSR count). The van der Waals surface area contributed by atoms with Crippen LogP contribution in [0.1, 0.15) is 35.3 Å². The Balaban J connectivity index is 1.94. The van der Waals surface area contributed by atoms with Crippen LogP contribution in [-0.4, -0.2) is 24.6 Å². The molecule has 25 heavy (non-hydrogen) atoms. The summed E-state index contributed by atoms with van der Waals surface area (Å²) in [5, 5.41) is 2.72. The van der Waals surface area contributed by atoms with E-state index in [9.17, 15) is 9.59 Å². The van der Waals surface area contributed by atoms with Gasteiger partial charge in [-0.25, -0.2) is 4.79 Å². The van der Waals surface area contributed by atoms with Crippen molar-refractivity contribution < 1.29 is 19.1 Å². The van der Waals surface area contributed by atoms with Crippen molar-refractivity contribution in [2.45, 2.75) is 33.8 Å². The van der Waals surface area contributed by atoms with E-state index in [1.54, 1.807) is 43.3 Å². The summed E-state index contributed by atoms with van der Waals surface area (Å²) in [6, 6.07) is 12.3. The third-order valence-corrected chi connectivity index (χ3v) is 3.83. The van der Waals surface area contributed by atoms with E-state index in [-0.39, 0.29) is 5.91 Å². The lowest BCUT2D eigenvalue weighted by molar-refractivity contribution is -0.123. The quantitative estimate of drug-likeness (QED) is 0.810. The van der Waals surface area contributed by atoms with Gasteiger partial charge < -0.3 is 14.8 Å². The van der Waals surface area contributed by atoms with Crippen LogP contribution < -0.4 is 10.1 Å². The molecular weight excluding hydrogens is 318 g/mol. The molecule has 0 heterocycles. The first kappa shape index (κ1) is 18.5. The summed E-state index contributed by atoms with van der Waals surface area (Å²) in [4.78, 5) is 24.4. The maximum Gasteiger partial charge on any atom is 0.338 e. The molecule has 0 fully saturated rings. The Morgan fingerprint density at radius 3 is 2.32 bits per heavy atom. The number of amides is 1. The zero-order valence-electron chi connectivity index (χ0n) is 15.0. The second-order valence-corrected chi connectivity index (χ2v) is 5.79. The normalized spacial score (nSPS) is 11.5. The van der Waals surface area contributed by atoms with E-state index in [1.807, 2.05) is 26.8 Å². The molecule has 0 saturated carbocycles. The zero-order chi connectivity index (χ0) is 18.4. The number of benzene rings is 2. The molecule has 0 aromatic heterocycles. The fourth-order valence-electron chi connectivity index (χ4n) is 2.20. The second-order valence-electron chi connectivity index (χ2n) is 5.79. The number of carbonyl (C=O) groups excluding carboxylic acids is 2. The third-order valence-electron chi connectivity index (χ3n) is 3.83. The van der Waals surface area contributed by atoms with Gasteiger partial charge in [-0.15, -0.1) is 0 Å². The molecule has 2 aromatic carbocycles. The third kappa shape index (κ3) is 5.08. The fourth-order valence-corrected chi connectivity index (χ4v) is 2.20. The highest BCUT2D eigenvalue weighted by atomic mass is 16.5. The minimum Gasteiger partial charge on any atom is -0.494 e. The Morgan fingerprint density at radius 2 is 1.72 bits per heavy atom. The molecule has 2 aromatic rings. The fraction of sp³-hybridized carbons (Fsp3) is 0.300. The molecule has 1 N–H and O–H groups in total. The van der Waals surface area contributed by atoms with Gasteiger partial charge in [-0.3, -0.25) is 4.79 Å². The molecule has 1 amide bonds. The number of carbonyl (C=O) groups is 2. The summed E-state index contributed by atoms with van der Waals surface area (Å²) in [5.74, 6) is -0.173. The molecular formula is C20H23NO4. The Kier molecular flexibility index (Phi) is 6.17. The highest BCUT2D eigenvalue weighted by Gasteiger charge is 2.19. The molecule has 0 aliphatic rings. The van der Waals surface area contributed by atoms with Gasteiger partial charge >= 0.3 is 5.97 Å². The number of ether oxygens (including phenoxy) is 2. The average molecular weight is 341 g/mol. The molecule has 0 spiro atoms. The van der Waals surface area contributed by atoms with Gasteiger partial charge in [0.15, 0.2) is 6.10 Å². The van der Waals surface area contributed by atoms with Crippen LogP contribution in [0.3, 0.4) is 0 Å². The zero-order valence-corrected chi connectivity index (χ0v) is 15.0. The maximum absolute atomic E-state index is 12.2. The van der Waals surface area contributed by atoms with Gasteiger partial charge in [0.05, 0.1) is 12.2 Å². The van der Waals surface area contributed by atoms with Crippen molar-refractivity contribution in [2.75, 3.05) is 11.9 Å². The Hall–Kier alpha value is -2.82. The summed E-state index contributed by atoms with van der Waals surface area (Å²) in [6.07, 6.45) is -0.902. The largest absolute Gasteiger partial charge is 0.494 e. The van der Waals surface area contributed by atoms with Crippen LogP contribution >= 0.6 is 0 Å². The van der Waals surface area contributed by atoms with E-state index in [4.69, 9.17) is 9.47 Å². The van der Waals surface area contributed by atoms with Crippen molar-refractivity contribution in [3.05, 3.63) is 59.2 Å². The SMILES string of the molecule is CCOc1ccc(NC(=O)C(C)OC(=O)c2ccc(C)c(C)c2)cc1. The van der Waals surface area contributed by atoms with Crippen LogP contribution in [0, 0.1) is 13.8 Å². The molecule has 132 valence electrons. The number of rotatable bonds is 6. The van der Waals surface area contributed by atoms with Crippen LogP contribution in [0.5, 0.6) is 5.75 Å². The molecule has 0 aliphatic carbocycles. The molecule has 0 radical (unpaired) electrons. The van der Waals surface area contributed by atoms with Crippen molar-refractivity contribution in [1.29, 1.82) is 0 Å². The number of anilines is 1. The standard InChI is InChI=1S/C20H23NO4/c1-5-24-18-10-8-17(9-11-18)21-19(22)15(4)25-20(23)16-7-6-13(2)14(3)12-16/h6-12,15H,5H2,1-4H3,(H,21,22). The lowest BCUT2D eigenvalue weighted by atomic mass is 10.1. The molecule has 0 saturated heterocycles. The predicted molar refractivity (Wildman–Crippen MR) is 97.0 cm³/mol. The van der Waals surface area contributed by atoms with Gasteiger partial charge in [0, 0.05) is 5.69 Å². The van der Waals surface area contributed by atoms with Crippen molar-refractivity contribution in [1.82, 2.24) is 0 Å². The number of aryl methyl sites for hydroxylation is 2. The van der Waals surface area contributed by atoms with Crippen molar-refractivity contribution in [2.24, 2.45) is 0 Å². The average Bonchev–Trinajstić information content (AvgIpc) is 2.59. The van der Waals surface area contributed by atoms with E-state index in [1.165, 1.54) is 0 Å². The number of nitrogens with one attached hydrogen (secondary N) is 1. The molecule has 1 unspecified atom stereocenters. The van der Waals surface area contributed by atoms with Gasteiger partial charge in [-0.05, 0) is 75.2 Å². The number of esters is 1. The van der Waals surface area contributed by atoms with Crippen molar-refractivity contribution in [3.63, 3.8) is 0 Å². The summed E-state index contributed by atoms with van der Waals surface area (Å²) >= 11 is 0. The minimum atomic E-state index is -0.902. The second kappa shape index (κ2) is 8.33. The monoisotopic (exact) mass is 341 g/mol. The van der Waals surface area contributed by atoms with Crippen molar-refractivity contribution in [3.8, 4) is 5.75 Å². The number of hydrogen-bond donors (Lipinski definition) is 1. The summed E-state index contributed by atoms with van der Waals surface area (Å²) in [6.45, 7) is 7.92. The van der Waals surface area contributed by atoms with Gasteiger partial charge in [0.2, 0.25) is 0 Å². The first-order valence-electron chi connectivity index (χ1n) is 8.22. The predicted octanol–water partition coefficient (Wildman–Crippen LogP) is 3.89. The molecule has 1 atom stereocenters. The molecule has 0 bridgehead atoms. The van der Waals surface area contributed by atoms with Gasteiger partial charge in [0.1, 0.15) is 5.75 Å². The van der Waals surface area contributed by atoms with E-state index in [2.05, 4.69) is 5.32 Å². The van der Waals surface area contributed by atoms with E-state index >= 15 is 0 Å². The number of hydrogen-bond acceptors (Lipinski definition) is 4. The minimum absolute atomic E-state index is 0.388. The highest BCUT2D eigenvalue weighted by molar-refractivity contribution is 5.97. The van der Waals surface area contributed by atoms with Gasteiger partial charge in [0.25, 0.3) is 5.91 Å². The van der Waals surface area contributed by atoms with Gasteiger partial charge in [-0.2, -0.15) is 0 Å².